The van der Waals surface area contributed by atoms with Crippen LogP contribution in [-0.4, -0.2) is 49.2 Å². The van der Waals surface area contributed by atoms with Gasteiger partial charge in [-0.1, -0.05) is 27.7 Å². The van der Waals surface area contributed by atoms with Crippen LogP contribution < -0.4 is 5.73 Å². The van der Waals surface area contributed by atoms with Gasteiger partial charge in [0, 0.05) is 32.2 Å². The van der Waals surface area contributed by atoms with Gasteiger partial charge in [-0.3, -0.25) is 0 Å². The summed E-state index contributed by atoms with van der Waals surface area (Å²) in [6.45, 7) is 9.85. The van der Waals surface area contributed by atoms with Crippen LogP contribution >= 0.6 is 0 Å². The highest BCUT2D eigenvalue weighted by Gasteiger charge is 2.39. The van der Waals surface area contributed by atoms with Crippen LogP contribution in [0.1, 0.15) is 34.1 Å². The monoisotopic (exact) mass is 263 g/mol. The molecule has 1 rings (SSSR count). The molecule has 0 aromatic rings. The lowest BCUT2D eigenvalue weighted by molar-refractivity contribution is 0.149. The van der Waals surface area contributed by atoms with Crippen molar-refractivity contribution in [1.82, 2.24) is 8.61 Å². The van der Waals surface area contributed by atoms with Gasteiger partial charge in [0.1, 0.15) is 0 Å². The van der Waals surface area contributed by atoms with Crippen molar-refractivity contribution < 1.29 is 8.42 Å². The summed E-state index contributed by atoms with van der Waals surface area (Å²) in [5.41, 5.74) is 5.87. The summed E-state index contributed by atoms with van der Waals surface area (Å²) in [5.74, 6) is 0. The number of rotatable bonds is 4. The number of nitrogens with two attached hydrogens (primary N) is 1. The third-order valence-corrected chi connectivity index (χ3v) is 5.77. The molecule has 1 saturated heterocycles. The molecule has 2 N–H and O–H groups in total. The van der Waals surface area contributed by atoms with Crippen molar-refractivity contribution in [3.8, 4) is 0 Å². The Kier molecular flexibility index (Phi) is 4.57. The van der Waals surface area contributed by atoms with Crippen LogP contribution in [0.4, 0.5) is 0 Å². The molecular formula is C11H25N3O2S. The summed E-state index contributed by atoms with van der Waals surface area (Å²) >= 11 is 0. The molecule has 102 valence electrons. The molecule has 17 heavy (non-hydrogen) atoms. The van der Waals surface area contributed by atoms with E-state index in [0.717, 1.165) is 6.42 Å². The molecule has 0 bridgehead atoms. The van der Waals surface area contributed by atoms with E-state index in [9.17, 15) is 8.42 Å². The Labute approximate surface area is 105 Å². The maximum absolute atomic E-state index is 12.4. The normalized spacial score (nSPS) is 26.4. The fourth-order valence-corrected chi connectivity index (χ4v) is 4.05. The largest absolute Gasteiger partial charge is 0.327 e. The molecule has 5 nitrogen and oxygen atoms in total. The molecule has 1 atom stereocenters. The lowest BCUT2D eigenvalue weighted by Crippen LogP contribution is -2.56. The molecule has 1 fully saturated rings. The molecule has 1 aliphatic heterocycles. The number of nitrogens with zero attached hydrogens (tertiary/aromatic N) is 2. The van der Waals surface area contributed by atoms with Crippen molar-refractivity contribution in [3.05, 3.63) is 0 Å². The molecule has 6 heteroatoms. The van der Waals surface area contributed by atoms with E-state index in [1.54, 1.807) is 4.31 Å². The minimum absolute atomic E-state index is 0.0747. The van der Waals surface area contributed by atoms with Crippen LogP contribution in [0.25, 0.3) is 0 Å². The van der Waals surface area contributed by atoms with Gasteiger partial charge in [-0.2, -0.15) is 17.0 Å². The second-order valence-corrected chi connectivity index (χ2v) is 7.24. The van der Waals surface area contributed by atoms with Gasteiger partial charge >= 0.3 is 0 Å². The Morgan fingerprint density at radius 3 is 2.29 bits per heavy atom. The zero-order valence-corrected chi connectivity index (χ0v) is 12.1. The van der Waals surface area contributed by atoms with E-state index in [0.29, 0.717) is 26.2 Å². The first-order chi connectivity index (χ1) is 7.75. The molecule has 1 heterocycles. The van der Waals surface area contributed by atoms with Crippen molar-refractivity contribution >= 4 is 10.2 Å². The summed E-state index contributed by atoms with van der Waals surface area (Å²) in [7, 11) is -3.31. The summed E-state index contributed by atoms with van der Waals surface area (Å²) in [6.07, 6.45) is 0.730. The SMILES string of the molecule is CCN(CC)S(=O)(=O)N1CCC(N)C(C)(C)C1. The number of hydrogen-bond donors (Lipinski definition) is 1. The Morgan fingerprint density at radius 1 is 1.35 bits per heavy atom. The van der Waals surface area contributed by atoms with Gasteiger partial charge < -0.3 is 5.73 Å². The van der Waals surface area contributed by atoms with Gasteiger partial charge in [-0.25, -0.2) is 0 Å². The standard InChI is InChI=1S/C11H25N3O2S/c1-5-13(6-2)17(15,16)14-8-7-10(12)11(3,4)9-14/h10H,5-9,12H2,1-4H3. The van der Waals surface area contributed by atoms with Gasteiger partial charge in [0.15, 0.2) is 0 Å². The molecule has 0 aromatic carbocycles. The van der Waals surface area contributed by atoms with Gasteiger partial charge in [0.05, 0.1) is 0 Å². The number of hydrogen-bond acceptors (Lipinski definition) is 3. The second-order valence-electron chi connectivity index (χ2n) is 5.31. The van der Waals surface area contributed by atoms with Crippen molar-refractivity contribution in [2.75, 3.05) is 26.2 Å². The quantitative estimate of drug-likeness (QED) is 0.809. The van der Waals surface area contributed by atoms with Crippen molar-refractivity contribution in [3.63, 3.8) is 0 Å². The average molecular weight is 263 g/mol. The minimum Gasteiger partial charge on any atom is -0.327 e. The minimum atomic E-state index is -3.31. The van der Waals surface area contributed by atoms with E-state index in [4.69, 9.17) is 5.73 Å². The van der Waals surface area contributed by atoms with Crippen LogP contribution in [0, 0.1) is 5.41 Å². The Hall–Kier alpha value is -0.170. The van der Waals surface area contributed by atoms with Crippen LogP contribution in [0.5, 0.6) is 0 Å². The molecule has 0 aromatic heterocycles. The van der Waals surface area contributed by atoms with E-state index in [2.05, 4.69) is 0 Å². The molecule has 0 amide bonds. The molecule has 0 radical (unpaired) electrons. The summed E-state index contributed by atoms with van der Waals surface area (Å²) < 4.78 is 27.8. The highest BCUT2D eigenvalue weighted by Crippen LogP contribution is 2.29. The molecule has 1 unspecified atom stereocenters. The maximum atomic E-state index is 12.4. The fourth-order valence-electron chi connectivity index (χ4n) is 2.23. The zero-order valence-electron chi connectivity index (χ0n) is 11.3. The van der Waals surface area contributed by atoms with E-state index >= 15 is 0 Å². The molecular weight excluding hydrogens is 238 g/mol. The first kappa shape index (κ1) is 14.9. The molecule has 0 aliphatic carbocycles. The highest BCUT2D eigenvalue weighted by molar-refractivity contribution is 7.86. The molecule has 0 spiro atoms. The average Bonchev–Trinajstić information content (AvgIpc) is 2.23. The van der Waals surface area contributed by atoms with Gasteiger partial charge in [-0.05, 0) is 11.8 Å². The van der Waals surface area contributed by atoms with Crippen LogP contribution in [0.15, 0.2) is 0 Å². The molecule has 0 saturated carbocycles. The summed E-state index contributed by atoms with van der Waals surface area (Å²) in [6, 6.07) is 0.0747. The van der Waals surface area contributed by atoms with Gasteiger partial charge in [0.2, 0.25) is 0 Å². The highest BCUT2D eigenvalue weighted by atomic mass is 32.2. The van der Waals surface area contributed by atoms with E-state index in [1.807, 2.05) is 27.7 Å². The second kappa shape index (κ2) is 5.22. The van der Waals surface area contributed by atoms with Crippen molar-refractivity contribution in [1.29, 1.82) is 0 Å². The summed E-state index contributed by atoms with van der Waals surface area (Å²) in [5, 5.41) is 0. The predicted octanol–water partition coefficient (Wildman–Crippen LogP) is 0.632. The van der Waals surface area contributed by atoms with E-state index in [1.165, 1.54) is 4.31 Å². The van der Waals surface area contributed by atoms with Gasteiger partial charge in [-0.15, -0.1) is 0 Å². The fraction of sp³-hybridized carbons (Fsp3) is 1.00. The topological polar surface area (TPSA) is 66.6 Å². The predicted molar refractivity (Wildman–Crippen MR) is 69.8 cm³/mol. The van der Waals surface area contributed by atoms with Gasteiger partial charge in [0.25, 0.3) is 10.2 Å². The van der Waals surface area contributed by atoms with E-state index < -0.39 is 10.2 Å². The first-order valence-electron chi connectivity index (χ1n) is 6.26. The Morgan fingerprint density at radius 2 is 1.88 bits per heavy atom. The van der Waals surface area contributed by atoms with Crippen LogP contribution in [0.2, 0.25) is 0 Å². The van der Waals surface area contributed by atoms with Crippen LogP contribution in [0.3, 0.4) is 0 Å². The maximum Gasteiger partial charge on any atom is 0.281 e. The smallest absolute Gasteiger partial charge is 0.281 e. The van der Waals surface area contributed by atoms with E-state index in [-0.39, 0.29) is 11.5 Å². The third kappa shape index (κ3) is 2.99. The Balaban J connectivity index is 2.87. The Bertz CT molecular complexity index is 350. The van der Waals surface area contributed by atoms with Crippen molar-refractivity contribution in [2.45, 2.75) is 40.2 Å². The zero-order chi connectivity index (χ0) is 13.3. The summed E-state index contributed by atoms with van der Waals surface area (Å²) in [4.78, 5) is 0. The third-order valence-electron chi connectivity index (χ3n) is 3.64. The van der Waals surface area contributed by atoms with Crippen LogP contribution in [-0.2, 0) is 10.2 Å². The lowest BCUT2D eigenvalue weighted by Gasteiger charge is -2.43. The van der Waals surface area contributed by atoms with Crippen molar-refractivity contribution in [2.24, 2.45) is 11.1 Å². The lowest BCUT2D eigenvalue weighted by atomic mass is 9.81. The first-order valence-corrected chi connectivity index (χ1v) is 7.66. The molecule has 1 aliphatic rings. The number of piperidine rings is 1.